The van der Waals surface area contributed by atoms with Crippen molar-refractivity contribution in [2.24, 2.45) is 27.2 Å². The van der Waals surface area contributed by atoms with Crippen LogP contribution in [0.2, 0.25) is 0 Å². The van der Waals surface area contributed by atoms with Crippen molar-refractivity contribution in [3.8, 4) is 0 Å². The van der Waals surface area contributed by atoms with Crippen LogP contribution in [0.5, 0.6) is 0 Å². The summed E-state index contributed by atoms with van der Waals surface area (Å²) in [5, 5.41) is 6.20. The minimum Gasteiger partial charge on any atom is -0.355 e. The lowest BCUT2D eigenvalue weighted by Gasteiger charge is -2.34. The van der Waals surface area contributed by atoms with Crippen LogP contribution in [0.15, 0.2) is 20.5 Å². The molecule has 8 heteroatoms. The Morgan fingerprint density at radius 1 is 1.17 bits per heavy atom. The smallest absolute Gasteiger partial charge is 0.261 e. The van der Waals surface area contributed by atoms with Crippen LogP contribution in [0.1, 0.15) is 59.8 Å². The van der Waals surface area contributed by atoms with E-state index in [0.717, 1.165) is 24.3 Å². The number of amidine groups is 1. The number of amides is 3. The summed E-state index contributed by atoms with van der Waals surface area (Å²) >= 11 is 1.65. The van der Waals surface area contributed by atoms with Gasteiger partial charge in [-0.1, -0.05) is 32.5 Å². The first-order valence-corrected chi connectivity index (χ1v) is 11.1. The standard InChI is InChI=1S/C21H30N4O3S/c1-12(26)22-9-10-23-17(27)8-7-16-24-19(28)18-14-6-5-13(21(2,3)4)11-15(14)29-20(18)25-16/h13,18H,5-11H2,1-4H3,(H,22,26)(H,23,27). The SMILES string of the molecule is CC(=O)NCCNC(=O)CCC1=NC(=O)C2C(=N1)SC1=C2CCC(C(C)(C)C)C1. The van der Waals surface area contributed by atoms with Gasteiger partial charge >= 0.3 is 0 Å². The van der Waals surface area contributed by atoms with Gasteiger partial charge in [-0.05, 0) is 41.1 Å². The Morgan fingerprint density at radius 3 is 2.59 bits per heavy atom. The summed E-state index contributed by atoms with van der Waals surface area (Å²) in [5.74, 6) is 0.370. The lowest BCUT2D eigenvalue weighted by Crippen LogP contribution is -2.34. The number of fused-ring (bicyclic) bond motifs is 2. The highest BCUT2D eigenvalue weighted by Gasteiger charge is 2.43. The fourth-order valence-electron chi connectivity index (χ4n) is 3.96. The number of carbonyl (C=O) groups is 3. The van der Waals surface area contributed by atoms with E-state index in [1.54, 1.807) is 11.8 Å². The third-order valence-electron chi connectivity index (χ3n) is 5.72. The topological polar surface area (TPSA) is 100.0 Å². The Kier molecular flexibility index (Phi) is 6.61. The molecular weight excluding hydrogens is 388 g/mol. The van der Waals surface area contributed by atoms with Gasteiger partial charge in [-0.15, -0.1) is 0 Å². The summed E-state index contributed by atoms with van der Waals surface area (Å²) in [5.41, 5.74) is 1.48. The molecular formula is C21H30N4O3S. The number of carbonyl (C=O) groups excluding carboxylic acids is 3. The molecule has 3 aliphatic rings. The molecule has 3 amide bonds. The average Bonchev–Trinajstić information content (AvgIpc) is 3.00. The maximum atomic E-state index is 12.7. The van der Waals surface area contributed by atoms with Gasteiger partial charge in [0.05, 0.1) is 5.04 Å². The summed E-state index contributed by atoms with van der Waals surface area (Å²) in [7, 11) is 0. The van der Waals surface area contributed by atoms with E-state index in [4.69, 9.17) is 0 Å². The van der Waals surface area contributed by atoms with Crippen LogP contribution < -0.4 is 10.6 Å². The molecule has 3 rings (SSSR count). The number of nitrogens with one attached hydrogen (secondary N) is 2. The molecule has 0 aromatic rings. The van der Waals surface area contributed by atoms with Crippen LogP contribution in [0.4, 0.5) is 0 Å². The van der Waals surface area contributed by atoms with Crippen LogP contribution in [-0.2, 0) is 14.4 Å². The summed E-state index contributed by atoms with van der Waals surface area (Å²) in [6.45, 7) is 9.04. The highest BCUT2D eigenvalue weighted by atomic mass is 32.2. The van der Waals surface area contributed by atoms with Gasteiger partial charge in [0.1, 0.15) is 11.8 Å². The molecule has 158 valence electrons. The van der Waals surface area contributed by atoms with Crippen molar-refractivity contribution in [3.05, 3.63) is 10.5 Å². The van der Waals surface area contributed by atoms with Crippen LogP contribution in [0.3, 0.4) is 0 Å². The van der Waals surface area contributed by atoms with E-state index >= 15 is 0 Å². The summed E-state index contributed by atoms with van der Waals surface area (Å²) in [6, 6.07) is 0. The highest BCUT2D eigenvalue weighted by molar-refractivity contribution is 8.17. The van der Waals surface area contributed by atoms with Crippen molar-refractivity contribution in [2.75, 3.05) is 13.1 Å². The summed E-state index contributed by atoms with van der Waals surface area (Å²) < 4.78 is 0. The third kappa shape index (κ3) is 5.35. The van der Waals surface area contributed by atoms with Gasteiger partial charge in [-0.3, -0.25) is 14.4 Å². The molecule has 29 heavy (non-hydrogen) atoms. The molecule has 0 radical (unpaired) electrons. The normalized spacial score (nSPS) is 23.8. The van der Waals surface area contributed by atoms with Gasteiger partial charge in [-0.2, -0.15) is 4.99 Å². The maximum absolute atomic E-state index is 12.7. The Balaban J connectivity index is 1.54. The quantitative estimate of drug-likeness (QED) is 0.648. The number of rotatable bonds is 6. The van der Waals surface area contributed by atoms with Crippen LogP contribution >= 0.6 is 11.8 Å². The first-order chi connectivity index (χ1) is 13.6. The Bertz CT molecular complexity index is 807. The zero-order valence-corrected chi connectivity index (χ0v) is 18.4. The average molecular weight is 419 g/mol. The van der Waals surface area contributed by atoms with E-state index in [0.29, 0.717) is 31.3 Å². The van der Waals surface area contributed by atoms with Crippen molar-refractivity contribution >= 4 is 40.4 Å². The van der Waals surface area contributed by atoms with Gasteiger partial charge in [0, 0.05) is 32.9 Å². The van der Waals surface area contributed by atoms with Crippen molar-refractivity contribution < 1.29 is 14.4 Å². The van der Waals surface area contributed by atoms with E-state index in [9.17, 15) is 14.4 Å². The first kappa shape index (κ1) is 21.7. The van der Waals surface area contributed by atoms with Crippen molar-refractivity contribution in [2.45, 2.75) is 59.8 Å². The van der Waals surface area contributed by atoms with Crippen LogP contribution in [0, 0.1) is 17.3 Å². The minimum absolute atomic E-state index is 0.126. The summed E-state index contributed by atoms with van der Waals surface area (Å²) in [4.78, 5) is 45.6. The Hall–Kier alpha value is -1.96. The lowest BCUT2D eigenvalue weighted by molar-refractivity contribution is -0.122. The molecule has 0 saturated carbocycles. The summed E-state index contributed by atoms with van der Waals surface area (Å²) in [6.07, 6.45) is 3.62. The molecule has 2 N–H and O–H groups in total. The van der Waals surface area contributed by atoms with Crippen molar-refractivity contribution in [1.29, 1.82) is 0 Å². The first-order valence-electron chi connectivity index (χ1n) is 10.3. The number of aliphatic imine (C=N–C) groups is 2. The monoisotopic (exact) mass is 418 g/mol. The molecule has 0 fully saturated rings. The van der Waals surface area contributed by atoms with E-state index in [1.165, 1.54) is 17.4 Å². The molecule has 1 aliphatic carbocycles. The number of nitrogens with zero attached hydrogens (tertiary/aromatic N) is 2. The lowest BCUT2D eigenvalue weighted by atomic mass is 9.71. The maximum Gasteiger partial charge on any atom is 0.261 e. The van der Waals surface area contributed by atoms with Gasteiger partial charge in [-0.25, -0.2) is 4.99 Å². The third-order valence-corrected chi connectivity index (χ3v) is 6.93. The minimum atomic E-state index is -0.286. The van der Waals surface area contributed by atoms with Gasteiger partial charge in [0.25, 0.3) is 5.91 Å². The second-order valence-electron chi connectivity index (χ2n) is 8.94. The zero-order chi connectivity index (χ0) is 21.2. The molecule has 2 aliphatic heterocycles. The molecule has 7 nitrogen and oxygen atoms in total. The van der Waals surface area contributed by atoms with Crippen molar-refractivity contribution in [1.82, 2.24) is 10.6 Å². The molecule has 2 unspecified atom stereocenters. The van der Waals surface area contributed by atoms with Crippen molar-refractivity contribution in [3.63, 3.8) is 0 Å². The van der Waals surface area contributed by atoms with Crippen LogP contribution in [0.25, 0.3) is 0 Å². The van der Waals surface area contributed by atoms with Gasteiger partial charge in [0.2, 0.25) is 11.8 Å². The van der Waals surface area contributed by atoms with E-state index in [2.05, 4.69) is 41.4 Å². The number of hydrogen-bond acceptors (Lipinski definition) is 5. The largest absolute Gasteiger partial charge is 0.355 e. The molecule has 0 bridgehead atoms. The van der Waals surface area contributed by atoms with E-state index in [1.807, 2.05) is 0 Å². The fourth-order valence-corrected chi connectivity index (χ4v) is 5.36. The molecule has 0 spiro atoms. The second-order valence-corrected chi connectivity index (χ2v) is 10.1. The predicted octanol–water partition coefficient (Wildman–Crippen LogP) is 2.82. The number of allylic oxidation sites excluding steroid dienone is 1. The van der Waals surface area contributed by atoms with Crippen LogP contribution in [-0.4, -0.2) is 41.7 Å². The fraction of sp³-hybridized carbons (Fsp3) is 0.667. The van der Waals surface area contributed by atoms with Gasteiger partial charge in [0.15, 0.2) is 0 Å². The number of hydrogen-bond donors (Lipinski definition) is 2. The van der Waals surface area contributed by atoms with E-state index in [-0.39, 0.29) is 35.5 Å². The molecule has 0 aromatic carbocycles. The highest BCUT2D eigenvalue weighted by Crippen LogP contribution is 2.52. The molecule has 0 saturated heterocycles. The zero-order valence-electron chi connectivity index (χ0n) is 17.6. The molecule has 2 heterocycles. The number of thioether (sulfide) groups is 1. The van der Waals surface area contributed by atoms with E-state index < -0.39 is 0 Å². The predicted molar refractivity (Wildman–Crippen MR) is 116 cm³/mol. The molecule has 0 aromatic heterocycles. The van der Waals surface area contributed by atoms with Gasteiger partial charge < -0.3 is 10.6 Å². The Morgan fingerprint density at radius 2 is 1.90 bits per heavy atom. The molecule has 2 atom stereocenters. The Labute approximate surface area is 176 Å². The second kappa shape index (κ2) is 8.81.